The van der Waals surface area contributed by atoms with Crippen molar-refractivity contribution in [1.29, 1.82) is 0 Å². The lowest BCUT2D eigenvalue weighted by atomic mass is 10.3. The first kappa shape index (κ1) is 12.6. The summed E-state index contributed by atoms with van der Waals surface area (Å²) in [5, 5.41) is 0. The summed E-state index contributed by atoms with van der Waals surface area (Å²) in [4.78, 5) is 13.0. The molecule has 0 fully saturated rings. The third-order valence-electron chi connectivity index (χ3n) is 2.14. The summed E-state index contributed by atoms with van der Waals surface area (Å²) in [6, 6.07) is 5.91. The Kier molecular flexibility index (Phi) is 4.92. The van der Waals surface area contributed by atoms with Gasteiger partial charge >= 0.3 is 0 Å². The van der Waals surface area contributed by atoms with Crippen LogP contribution in [0.4, 0.5) is 10.1 Å². The number of carbonyl (C=O) groups is 1. The van der Waals surface area contributed by atoms with Crippen LogP contribution >= 0.6 is 0 Å². The Morgan fingerprint density at radius 2 is 2.25 bits per heavy atom. The fourth-order valence-electron chi connectivity index (χ4n) is 1.23. The first-order valence-electron chi connectivity index (χ1n) is 5.25. The Hall–Kier alpha value is -1.42. The first-order chi connectivity index (χ1) is 7.65. The van der Waals surface area contributed by atoms with E-state index in [-0.39, 0.29) is 18.3 Å². The molecule has 0 atom stereocenters. The van der Waals surface area contributed by atoms with E-state index in [1.807, 2.05) is 6.92 Å². The molecule has 88 valence electrons. The maximum absolute atomic E-state index is 12.9. The summed E-state index contributed by atoms with van der Waals surface area (Å²) >= 11 is 0. The van der Waals surface area contributed by atoms with Gasteiger partial charge < -0.3 is 9.64 Å². The predicted molar refractivity (Wildman–Crippen MR) is 60.9 cm³/mol. The quantitative estimate of drug-likeness (QED) is 0.719. The lowest BCUT2D eigenvalue weighted by Gasteiger charge is -2.17. The third-order valence-corrected chi connectivity index (χ3v) is 2.14. The van der Waals surface area contributed by atoms with Crippen molar-refractivity contribution in [2.24, 2.45) is 0 Å². The van der Waals surface area contributed by atoms with E-state index in [9.17, 15) is 9.18 Å². The molecule has 0 unspecified atom stereocenters. The maximum atomic E-state index is 12.9. The highest BCUT2D eigenvalue weighted by molar-refractivity contribution is 5.93. The van der Waals surface area contributed by atoms with Gasteiger partial charge in [0.2, 0.25) is 0 Å². The number of carbonyl (C=O) groups excluding carboxylic acids is 1. The minimum absolute atomic E-state index is 0.0286. The van der Waals surface area contributed by atoms with Gasteiger partial charge in [-0.3, -0.25) is 4.79 Å². The summed E-state index contributed by atoms with van der Waals surface area (Å²) in [7, 11) is 1.60. The highest BCUT2D eigenvalue weighted by atomic mass is 19.1. The van der Waals surface area contributed by atoms with Crippen molar-refractivity contribution in [3.8, 4) is 0 Å². The van der Waals surface area contributed by atoms with Gasteiger partial charge in [-0.2, -0.15) is 0 Å². The molecule has 0 aliphatic heterocycles. The second-order valence-corrected chi connectivity index (χ2v) is 3.49. The number of anilines is 1. The number of halogens is 1. The van der Waals surface area contributed by atoms with Gasteiger partial charge in [0.05, 0.1) is 0 Å². The zero-order valence-corrected chi connectivity index (χ0v) is 9.57. The molecule has 0 saturated heterocycles. The fraction of sp³-hybridized carbons (Fsp3) is 0.417. The molecule has 1 rings (SSSR count). The lowest BCUT2D eigenvalue weighted by molar-refractivity contribution is -0.122. The van der Waals surface area contributed by atoms with Gasteiger partial charge in [0.1, 0.15) is 12.4 Å². The Balaban J connectivity index is 2.56. The van der Waals surface area contributed by atoms with Crippen LogP contribution < -0.4 is 4.90 Å². The van der Waals surface area contributed by atoms with Crippen LogP contribution in [0.25, 0.3) is 0 Å². The molecular formula is C12H16FNO2. The normalized spacial score (nSPS) is 10.2. The van der Waals surface area contributed by atoms with Crippen molar-refractivity contribution in [1.82, 2.24) is 0 Å². The largest absolute Gasteiger partial charge is 0.372 e. The van der Waals surface area contributed by atoms with E-state index >= 15 is 0 Å². The van der Waals surface area contributed by atoms with E-state index in [4.69, 9.17) is 4.74 Å². The van der Waals surface area contributed by atoms with Gasteiger partial charge in [-0.25, -0.2) is 4.39 Å². The van der Waals surface area contributed by atoms with E-state index in [0.29, 0.717) is 12.3 Å². The Morgan fingerprint density at radius 3 is 2.88 bits per heavy atom. The van der Waals surface area contributed by atoms with Crippen molar-refractivity contribution < 1.29 is 13.9 Å². The number of hydrogen-bond donors (Lipinski definition) is 0. The molecule has 0 aliphatic rings. The standard InChI is InChI=1S/C12H16FNO2/c1-3-7-16-9-12(15)14(2)11-6-4-5-10(13)8-11/h4-6,8H,3,7,9H2,1-2H3. The van der Waals surface area contributed by atoms with Gasteiger partial charge in [0, 0.05) is 19.3 Å². The fourth-order valence-corrected chi connectivity index (χ4v) is 1.23. The molecule has 4 heteroatoms. The van der Waals surface area contributed by atoms with Crippen LogP contribution in [0.2, 0.25) is 0 Å². The molecule has 3 nitrogen and oxygen atoms in total. The number of ether oxygens (including phenoxy) is 1. The summed E-state index contributed by atoms with van der Waals surface area (Å²) in [5.41, 5.74) is 0.532. The molecule has 0 bridgehead atoms. The minimum Gasteiger partial charge on any atom is -0.372 e. The number of rotatable bonds is 5. The second kappa shape index (κ2) is 6.23. The molecule has 1 aromatic carbocycles. The topological polar surface area (TPSA) is 29.5 Å². The predicted octanol–water partition coefficient (Wildman–Crippen LogP) is 2.22. The van der Waals surface area contributed by atoms with Gasteiger partial charge in [-0.05, 0) is 24.6 Å². The van der Waals surface area contributed by atoms with E-state index in [2.05, 4.69) is 0 Å². The number of nitrogens with zero attached hydrogens (tertiary/aromatic N) is 1. The highest BCUT2D eigenvalue weighted by Gasteiger charge is 2.10. The molecule has 1 amide bonds. The van der Waals surface area contributed by atoms with Crippen molar-refractivity contribution >= 4 is 11.6 Å². The number of likely N-dealkylation sites (N-methyl/N-ethyl adjacent to an activating group) is 1. The highest BCUT2D eigenvalue weighted by Crippen LogP contribution is 2.13. The molecule has 0 heterocycles. The van der Waals surface area contributed by atoms with Gasteiger partial charge in [-0.15, -0.1) is 0 Å². The third kappa shape index (κ3) is 3.62. The van der Waals surface area contributed by atoms with Crippen molar-refractivity contribution in [3.63, 3.8) is 0 Å². The Labute approximate surface area is 94.8 Å². The summed E-state index contributed by atoms with van der Waals surface area (Å²) in [5.74, 6) is -0.536. The Morgan fingerprint density at radius 1 is 1.50 bits per heavy atom. The lowest BCUT2D eigenvalue weighted by Crippen LogP contribution is -2.30. The molecule has 1 aromatic rings. The molecule has 16 heavy (non-hydrogen) atoms. The molecule has 0 N–H and O–H groups in total. The smallest absolute Gasteiger partial charge is 0.252 e. The maximum Gasteiger partial charge on any atom is 0.252 e. The summed E-state index contributed by atoms with van der Waals surface area (Å²) in [6.45, 7) is 2.56. The van der Waals surface area contributed by atoms with Crippen LogP contribution in [0, 0.1) is 5.82 Å². The Bertz CT molecular complexity index is 355. The van der Waals surface area contributed by atoms with Crippen LogP contribution in [-0.4, -0.2) is 26.2 Å². The van der Waals surface area contributed by atoms with E-state index in [0.717, 1.165) is 6.42 Å². The zero-order valence-electron chi connectivity index (χ0n) is 9.57. The number of hydrogen-bond acceptors (Lipinski definition) is 2. The van der Waals surface area contributed by atoms with Crippen LogP contribution in [0.5, 0.6) is 0 Å². The van der Waals surface area contributed by atoms with Crippen LogP contribution in [0.15, 0.2) is 24.3 Å². The van der Waals surface area contributed by atoms with E-state index in [1.54, 1.807) is 19.2 Å². The SMILES string of the molecule is CCCOCC(=O)N(C)c1cccc(F)c1. The van der Waals surface area contributed by atoms with Gasteiger partial charge in [-0.1, -0.05) is 13.0 Å². The summed E-state index contributed by atoms with van der Waals surface area (Å²) in [6.07, 6.45) is 0.872. The van der Waals surface area contributed by atoms with Crippen molar-refractivity contribution in [2.45, 2.75) is 13.3 Å². The number of benzene rings is 1. The van der Waals surface area contributed by atoms with Gasteiger partial charge in [0.15, 0.2) is 0 Å². The monoisotopic (exact) mass is 225 g/mol. The minimum atomic E-state index is -0.355. The first-order valence-corrected chi connectivity index (χ1v) is 5.25. The van der Waals surface area contributed by atoms with Gasteiger partial charge in [0.25, 0.3) is 5.91 Å². The van der Waals surface area contributed by atoms with Crippen LogP contribution in [0.1, 0.15) is 13.3 Å². The van der Waals surface area contributed by atoms with Crippen LogP contribution in [-0.2, 0) is 9.53 Å². The molecule has 0 aromatic heterocycles. The molecule has 0 spiro atoms. The van der Waals surface area contributed by atoms with Crippen molar-refractivity contribution in [3.05, 3.63) is 30.1 Å². The van der Waals surface area contributed by atoms with Crippen molar-refractivity contribution in [2.75, 3.05) is 25.2 Å². The molecule has 0 aliphatic carbocycles. The summed E-state index contributed by atoms with van der Waals surface area (Å²) < 4.78 is 18.1. The average Bonchev–Trinajstić information content (AvgIpc) is 2.28. The second-order valence-electron chi connectivity index (χ2n) is 3.49. The molecular weight excluding hydrogens is 209 g/mol. The van der Waals surface area contributed by atoms with E-state index < -0.39 is 0 Å². The molecule has 0 saturated carbocycles. The number of amides is 1. The zero-order chi connectivity index (χ0) is 12.0. The van der Waals surface area contributed by atoms with Crippen LogP contribution in [0.3, 0.4) is 0 Å². The average molecular weight is 225 g/mol. The molecule has 0 radical (unpaired) electrons. The van der Waals surface area contributed by atoms with E-state index in [1.165, 1.54) is 17.0 Å².